The second-order valence-electron chi connectivity index (χ2n) is 5.87. The summed E-state index contributed by atoms with van der Waals surface area (Å²) in [5.41, 5.74) is 1.07. The molecule has 3 aromatic rings. The van der Waals surface area contributed by atoms with Gasteiger partial charge in [0.15, 0.2) is 0 Å². The molecule has 2 heterocycles. The molecule has 0 bridgehead atoms. The Morgan fingerprint density at radius 3 is 2.62 bits per heavy atom. The predicted molar refractivity (Wildman–Crippen MR) is 86.6 cm³/mol. The minimum atomic E-state index is -0.539. The average molecular weight is 347 g/mol. The minimum Gasteiger partial charge on any atom is -0.443 e. The van der Waals surface area contributed by atoms with Crippen molar-refractivity contribution < 1.29 is 9.53 Å². The second kappa shape index (κ2) is 4.84. The molecule has 108 valence electrons. The number of benzene rings is 1. The van der Waals surface area contributed by atoms with Gasteiger partial charge in [-0.2, -0.15) is 0 Å². The Bertz CT molecular complexity index is 846. The van der Waals surface area contributed by atoms with Crippen LogP contribution in [0.4, 0.5) is 4.79 Å². The average Bonchev–Trinajstić information content (AvgIpc) is 2.71. The maximum atomic E-state index is 12.5. The van der Waals surface area contributed by atoms with Gasteiger partial charge < -0.3 is 4.74 Å². The van der Waals surface area contributed by atoms with E-state index >= 15 is 0 Å². The Labute approximate surface area is 130 Å². The number of halogens is 1. The molecule has 0 atom stereocenters. The first-order valence-corrected chi connectivity index (χ1v) is 7.43. The summed E-state index contributed by atoms with van der Waals surface area (Å²) >= 11 is 3.47. The van der Waals surface area contributed by atoms with Crippen molar-refractivity contribution in [3.63, 3.8) is 0 Å². The highest BCUT2D eigenvalue weighted by Crippen LogP contribution is 2.31. The summed E-state index contributed by atoms with van der Waals surface area (Å²) in [6.07, 6.45) is 3.07. The molecule has 0 aliphatic heterocycles. The van der Waals surface area contributed by atoms with Crippen LogP contribution in [0.3, 0.4) is 0 Å². The SMILES string of the molecule is CC(C)(C)OC(=O)n1c2ccncc2c2cc(Br)ccc21. The van der Waals surface area contributed by atoms with Crippen molar-refractivity contribution in [1.82, 2.24) is 9.55 Å². The molecule has 3 rings (SSSR count). The third-order valence-electron chi connectivity index (χ3n) is 3.10. The topological polar surface area (TPSA) is 44.1 Å². The fourth-order valence-corrected chi connectivity index (χ4v) is 2.70. The second-order valence-corrected chi connectivity index (χ2v) is 6.79. The molecule has 0 saturated carbocycles. The van der Waals surface area contributed by atoms with E-state index in [1.54, 1.807) is 17.0 Å². The van der Waals surface area contributed by atoms with E-state index in [9.17, 15) is 4.79 Å². The first-order valence-electron chi connectivity index (χ1n) is 6.64. The number of carbonyl (C=O) groups excluding carboxylic acids is 1. The van der Waals surface area contributed by atoms with E-state index in [0.29, 0.717) is 0 Å². The van der Waals surface area contributed by atoms with Crippen LogP contribution in [0.2, 0.25) is 0 Å². The summed E-state index contributed by atoms with van der Waals surface area (Å²) < 4.78 is 8.08. The minimum absolute atomic E-state index is 0.379. The predicted octanol–water partition coefficient (Wildman–Crippen LogP) is 4.74. The molecule has 0 unspecified atom stereocenters. The number of fused-ring (bicyclic) bond motifs is 3. The largest absolute Gasteiger partial charge is 0.443 e. The van der Waals surface area contributed by atoms with E-state index in [1.165, 1.54) is 0 Å². The number of carbonyl (C=O) groups is 1. The lowest BCUT2D eigenvalue weighted by molar-refractivity contribution is 0.0551. The van der Waals surface area contributed by atoms with Crippen LogP contribution in [0.1, 0.15) is 20.8 Å². The summed E-state index contributed by atoms with van der Waals surface area (Å²) in [7, 11) is 0. The number of aromatic nitrogens is 2. The van der Waals surface area contributed by atoms with Crippen molar-refractivity contribution in [1.29, 1.82) is 0 Å². The van der Waals surface area contributed by atoms with Gasteiger partial charge >= 0.3 is 6.09 Å². The van der Waals surface area contributed by atoms with Crippen LogP contribution in [0.15, 0.2) is 41.1 Å². The molecule has 2 aromatic heterocycles. The van der Waals surface area contributed by atoms with E-state index in [2.05, 4.69) is 20.9 Å². The zero-order valence-electron chi connectivity index (χ0n) is 12.1. The Morgan fingerprint density at radius 2 is 1.90 bits per heavy atom. The van der Waals surface area contributed by atoms with E-state index < -0.39 is 5.60 Å². The molecule has 5 heteroatoms. The van der Waals surface area contributed by atoms with Crippen LogP contribution >= 0.6 is 15.9 Å². The Hall–Kier alpha value is -1.88. The molecule has 4 nitrogen and oxygen atoms in total. The third kappa shape index (κ3) is 2.53. The molecule has 0 spiro atoms. The van der Waals surface area contributed by atoms with Gasteiger partial charge in [0.05, 0.1) is 11.0 Å². The molecule has 0 aliphatic rings. The van der Waals surface area contributed by atoms with E-state index in [1.807, 2.05) is 45.0 Å². The molecule has 0 saturated heterocycles. The maximum Gasteiger partial charge on any atom is 0.419 e. The highest BCUT2D eigenvalue weighted by Gasteiger charge is 2.22. The van der Waals surface area contributed by atoms with Crippen LogP contribution < -0.4 is 0 Å². The van der Waals surface area contributed by atoms with Crippen molar-refractivity contribution in [2.45, 2.75) is 26.4 Å². The quantitative estimate of drug-likeness (QED) is 0.590. The monoisotopic (exact) mass is 346 g/mol. The summed E-state index contributed by atoms with van der Waals surface area (Å²) in [6.45, 7) is 5.57. The Balaban J connectivity index is 2.31. The van der Waals surface area contributed by atoms with Crippen molar-refractivity contribution in [2.24, 2.45) is 0 Å². The third-order valence-corrected chi connectivity index (χ3v) is 3.60. The summed E-state index contributed by atoms with van der Waals surface area (Å²) in [5, 5.41) is 1.90. The molecule has 1 aromatic carbocycles. The molecule has 0 aliphatic carbocycles. The van der Waals surface area contributed by atoms with Crippen molar-refractivity contribution >= 4 is 43.8 Å². The van der Waals surface area contributed by atoms with Crippen molar-refractivity contribution in [2.75, 3.05) is 0 Å². The first-order chi connectivity index (χ1) is 9.87. The van der Waals surface area contributed by atoms with E-state index in [4.69, 9.17) is 4.74 Å². The number of ether oxygens (including phenoxy) is 1. The fraction of sp³-hybridized carbons (Fsp3) is 0.250. The Morgan fingerprint density at radius 1 is 1.19 bits per heavy atom. The van der Waals surface area contributed by atoms with Gasteiger partial charge in [-0.25, -0.2) is 9.36 Å². The van der Waals surface area contributed by atoms with Crippen LogP contribution in [0, 0.1) is 0 Å². The molecule has 0 radical (unpaired) electrons. The highest BCUT2D eigenvalue weighted by molar-refractivity contribution is 9.10. The zero-order valence-corrected chi connectivity index (χ0v) is 13.6. The van der Waals surface area contributed by atoms with E-state index in [-0.39, 0.29) is 6.09 Å². The molecule has 0 N–H and O–H groups in total. The maximum absolute atomic E-state index is 12.5. The number of hydrogen-bond donors (Lipinski definition) is 0. The van der Waals surface area contributed by atoms with Gasteiger partial charge in [0, 0.05) is 27.6 Å². The molecular formula is C16H15BrN2O2. The summed E-state index contributed by atoms with van der Waals surface area (Å²) in [4.78, 5) is 16.7. The van der Waals surface area contributed by atoms with Gasteiger partial charge in [0.25, 0.3) is 0 Å². The fourth-order valence-electron chi connectivity index (χ4n) is 2.34. The lowest BCUT2D eigenvalue weighted by atomic mass is 10.2. The summed E-state index contributed by atoms with van der Waals surface area (Å²) in [6, 6.07) is 7.63. The Kier molecular flexibility index (Phi) is 3.24. The number of pyridine rings is 1. The number of nitrogens with zero attached hydrogens (tertiary/aromatic N) is 2. The molecule has 0 amide bonds. The normalized spacial score (nSPS) is 12.0. The van der Waals surface area contributed by atoms with Crippen LogP contribution in [-0.4, -0.2) is 21.2 Å². The molecule has 0 fully saturated rings. The number of hydrogen-bond acceptors (Lipinski definition) is 3. The van der Waals surface area contributed by atoms with Gasteiger partial charge in [-0.15, -0.1) is 0 Å². The van der Waals surface area contributed by atoms with Crippen LogP contribution in [-0.2, 0) is 4.74 Å². The van der Waals surface area contributed by atoms with Gasteiger partial charge in [0.1, 0.15) is 5.60 Å². The van der Waals surface area contributed by atoms with E-state index in [0.717, 1.165) is 26.3 Å². The van der Waals surface area contributed by atoms with Crippen molar-refractivity contribution in [3.05, 3.63) is 41.1 Å². The van der Waals surface area contributed by atoms with Crippen molar-refractivity contribution in [3.8, 4) is 0 Å². The standard InChI is InChI=1S/C16H15BrN2O2/c1-16(2,3)21-15(20)19-13-5-4-10(17)8-11(13)12-9-18-7-6-14(12)19/h4-9H,1-3H3. The molecular weight excluding hydrogens is 332 g/mol. The summed E-state index contributed by atoms with van der Waals surface area (Å²) in [5.74, 6) is 0. The van der Waals surface area contributed by atoms with Crippen LogP contribution in [0.25, 0.3) is 21.8 Å². The first kappa shape index (κ1) is 14.1. The van der Waals surface area contributed by atoms with Gasteiger partial charge in [-0.1, -0.05) is 15.9 Å². The lowest BCUT2D eigenvalue weighted by Crippen LogP contribution is -2.27. The molecule has 21 heavy (non-hydrogen) atoms. The van der Waals surface area contributed by atoms with Gasteiger partial charge in [-0.3, -0.25) is 4.98 Å². The smallest absolute Gasteiger partial charge is 0.419 e. The zero-order chi connectivity index (χ0) is 15.2. The number of rotatable bonds is 0. The van der Waals surface area contributed by atoms with Crippen LogP contribution in [0.5, 0.6) is 0 Å². The van der Waals surface area contributed by atoms with Gasteiger partial charge in [-0.05, 0) is 45.0 Å². The highest BCUT2D eigenvalue weighted by atomic mass is 79.9. The lowest BCUT2D eigenvalue weighted by Gasteiger charge is -2.20. The van der Waals surface area contributed by atoms with Gasteiger partial charge in [0.2, 0.25) is 0 Å².